The molecule has 1 aromatic carbocycles. The van der Waals surface area contributed by atoms with E-state index in [1.165, 1.54) is 24.8 Å². The van der Waals surface area contributed by atoms with E-state index < -0.39 is 0 Å². The smallest absolute Gasteiger partial charge is 0.0925 e. The number of benzene rings is 1. The van der Waals surface area contributed by atoms with Gasteiger partial charge >= 0.3 is 0 Å². The molecule has 0 heterocycles. The Balaban J connectivity index is 1.90. The van der Waals surface area contributed by atoms with Crippen LogP contribution in [-0.2, 0) is 4.74 Å². The predicted octanol–water partition coefficient (Wildman–Crippen LogP) is 4.74. The third kappa shape index (κ3) is 3.70. The minimum atomic E-state index is 0.231. The Morgan fingerprint density at radius 2 is 2.12 bits per heavy atom. The second-order valence-electron chi connectivity index (χ2n) is 4.27. The van der Waals surface area contributed by atoms with Gasteiger partial charge in [0.05, 0.1) is 6.10 Å². The van der Waals surface area contributed by atoms with Gasteiger partial charge in [-0.05, 0) is 24.0 Å². The van der Waals surface area contributed by atoms with Gasteiger partial charge in [0, 0.05) is 15.5 Å². The van der Waals surface area contributed by atoms with Crippen LogP contribution in [0.1, 0.15) is 30.9 Å². The molecule has 1 atom stereocenters. The van der Waals surface area contributed by atoms with Crippen LogP contribution in [0.5, 0.6) is 0 Å². The highest BCUT2D eigenvalue weighted by Gasteiger charge is 2.21. The quantitative estimate of drug-likeness (QED) is 0.500. The lowest BCUT2D eigenvalue weighted by Gasteiger charge is -2.17. The fraction of sp³-hybridized carbons (Fsp3) is 0.538. The molecule has 1 unspecified atom stereocenters. The lowest BCUT2D eigenvalue weighted by atomic mass is 10.1. The molecule has 0 saturated heterocycles. The van der Waals surface area contributed by atoms with E-state index in [-0.39, 0.29) is 6.10 Å². The second-order valence-corrected chi connectivity index (χ2v) is 6.00. The van der Waals surface area contributed by atoms with Crippen LogP contribution in [-0.4, -0.2) is 11.0 Å². The van der Waals surface area contributed by atoms with E-state index in [0.29, 0.717) is 0 Å². The first-order valence-corrected chi connectivity index (χ1v) is 8.05. The molecular weight excluding hydrogens is 379 g/mol. The molecule has 0 N–H and O–H groups in total. The van der Waals surface area contributed by atoms with Crippen molar-refractivity contribution in [1.29, 1.82) is 0 Å². The largest absolute Gasteiger partial charge is 0.373 e. The summed E-state index contributed by atoms with van der Waals surface area (Å²) in [6.07, 6.45) is 4.29. The van der Waals surface area contributed by atoms with Crippen molar-refractivity contribution in [3.8, 4) is 0 Å². The first kappa shape index (κ1) is 12.8. The molecule has 1 saturated carbocycles. The average molecular weight is 395 g/mol. The van der Waals surface area contributed by atoms with Gasteiger partial charge in [-0.3, -0.25) is 0 Å². The standard InChI is InChI=1S/C13H16BrIO/c14-12-4-2-1-3-11(12)13(9-15)16-8-7-10-5-6-10/h1-4,10,13H,5-9H2. The van der Waals surface area contributed by atoms with Gasteiger partial charge in [0.25, 0.3) is 0 Å². The van der Waals surface area contributed by atoms with E-state index >= 15 is 0 Å². The topological polar surface area (TPSA) is 9.23 Å². The van der Waals surface area contributed by atoms with Crippen LogP contribution >= 0.6 is 38.5 Å². The zero-order valence-corrected chi connectivity index (χ0v) is 12.9. The van der Waals surface area contributed by atoms with Crippen LogP contribution in [0.15, 0.2) is 28.7 Å². The van der Waals surface area contributed by atoms with Crippen LogP contribution in [0, 0.1) is 5.92 Å². The van der Waals surface area contributed by atoms with Gasteiger partial charge in [-0.15, -0.1) is 0 Å². The first-order valence-electron chi connectivity index (χ1n) is 5.73. The van der Waals surface area contributed by atoms with E-state index in [4.69, 9.17) is 4.74 Å². The van der Waals surface area contributed by atoms with Crippen molar-refractivity contribution in [3.05, 3.63) is 34.3 Å². The van der Waals surface area contributed by atoms with E-state index in [2.05, 4.69) is 56.7 Å². The summed E-state index contributed by atoms with van der Waals surface area (Å²) < 4.78 is 8.13. The summed E-state index contributed by atoms with van der Waals surface area (Å²) in [5.74, 6) is 0.953. The summed E-state index contributed by atoms with van der Waals surface area (Å²) in [6.45, 7) is 0.902. The van der Waals surface area contributed by atoms with Crippen molar-refractivity contribution in [2.75, 3.05) is 11.0 Å². The maximum atomic E-state index is 5.97. The van der Waals surface area contributed by atoms with Crippen LogP contribution < -0.4 is 0 Å². The van der Waals surface area contributed by atoms with Crippen molar-refractivity contribution in [3.63, 3.8) is 0 Å². The van der Waals surface area contributed by atoms with Crippen molar-refractivity contribution >= 4 is 38.5 Å². The highest BCUT2D eigenvalue weighted by Crippen LogP contribution is 2.33. The van der Waals surface area contributed by atoms with Crippen LogP contribution in [0.3, 0.4) is 0 Å². The maximum Gasteiger partial charge on any atom is 0.0925 e. The van der Waals surface area contributed by atoms with E-state index in [1.807, 2.05) is 6.07 Å². The number of hydrogen-bond donors (Lipinski definition) is 0. The Morgan fingerprint density at radius 3 is 2.75 bits per heavy atom. The number of halogens is 2. The number of ether oxygens (including phenoxy) is 1. The molecule has 16 heavy (non-hydrogen) atoms. The Kier molecular flexibility index (Phi) is 5.10. The molecule has 0 radical (unpaired) electrons. The number of rotatable bonds is 6. The lowest BCUT2D eigenvalue weighted by Crippen LogP contribution is -2.08. The van der Waals surface area contributed by atoms with Crippen LogP contribution in [0.25, 0.3) is 0 Å². The summed E-state index contributed by atoms with van der Waals surface area (Å²) in [6, 6.07) is 8.34. The molecular formula is C13H16BrIO. The highest BCUT2D eigenvalue weighted by molar-refractivity contribution is 14.1. The zero-order chi connectivity index (χ0) is 11.4. The second kappa shape index (κ2) is 6.36. The third-order valence-corrected chi connectivity index (χ3v) is 4.46. The maximum absolute atomic E-state index is 5.97. The molecule has 1 nitrogen and oxygen atoms in total. The molecule has 0 bridgehead atoms. The zero-order valence-electron chi connectivity index (χ0n) is 9.16. The van der Waals surface area contributed by atoms with Gasteiger partial charge in [-0.25, -0.2) is 0 Å². The fourth-order valence-corrected chi connectivity index (χ4v) is 3.01. The summed E-state index contributed by atoms with van der Waals surface area (Å²) in [4.78, 5) is 0. The molecule has 88 valence electrons. The van der Waals surface area contributed by atoms with Crippen molar-refractivity contribution in [2.45, 2.75) is 25.4 Å². The molecule has 0 spiro atoms. The summed E-state index contributed by atoms with van der Waals surface area (Å²) in [7, 11) is 0. The van der Waals surface area contributed by atoms with Crippen molar-refractivity contribution < 1.29 is 4.74 Å². The monoisotopic (exact) mass is 394 g/mol. The number of hydrogen-bond acceptors (Lipinski definition) is 1. The molecule has 3 heteroatoms. The van der Waals surface area contributed by atoms with E-state index in [9.17, 15) is 0 Å². The van der Waals surface area contributed by atoms with Gasteiger partial charge in [0.15, 0.2) is 0 Å². The molecule has 0 aromatic heterocycles. The van der Waals surface area contributed by atoms with Gasteiger partial charge < -0.3 is 4.74 Å². The average Bonchev–Trinajstić information content (AvgIpc) is 3.10. The molecule has 0 amide bonds. The molecule has 0 aliphatic heterocycles. The van der Waals surface area contributed by atoms with E-state index in [1.54, 1.807) is 0 Å². The van der Waals surface area contributed by atoms with Gasteiger partial charge in [-0.2, -0.15) is 0 Å². The van der Waals surface area contributed by atoms with E-state index in [0.717, 1.165) is 21.4 Å². The summed E-state index contributed by atoms with van der Waals surface area (Å²) in [5, 5.41) is 0. The Bertz CT molecular complexity index is 338. The Labute approximate surface area is 119 Å². The van der Waals surface area contributed by atoms with Crippen LogP contribution in [0.2, 0.25) is 0 Å². The lowest BCUT2D eigenvalue weighted by molar-refractivity contribution is 0.0661. The molecule has 1 aliphatic rings. The normalized spacial score (nSPS) is 17.4. The highest BCUT2D eigenvalue weighted by atomic mass is 127. The molecule has 1 aromatic rings. The molecule has 2 rings (SSSR count). The minimum absolute atomic E-state index is 0.231. The summed E-state index contributed by atoms with van der Waals surface area (Å²) in [5.41, 5.74) is 1.27. The Morgan fingerprint density at radius 1 is 1.38 bits per heavy atom. The van der Waals surface area contributed by atoms with Crippen molar-refractivity contribution in [1.82, 2.24) is 0 Å². The first-order chi connectivity index (χ1) is 7.81. The predicted molar refractivity (Wildman–Crippen MR) is 79.1 cm³/mol. The van der Waals surface area contributed by atoms with Gasteiger partial charge in [0.1, 0.15) is 0 Å². The van der Waals surface area contributed by atoms with Gasteiger partial charge in [0.2, 0.25) is 0 Å². The van der Waals surface area contributed by atoms with Crippen molar-refractivity contribution in [2.24, 2.45) is 5.92 Å². The fourth-order valence-electron chi connectivity index (χ4n) is 1.74. The number of alkyl halides is 1. The molecule has 1 fully saturated rings. The Hall–Kier alpha value is 0.390. The summed E-state index contributed by atoms with van der Waals surface area (Å²) >= 11 is 5.98. The SMILES string of the molecule is Brc1ccccc1C(CI)OCCC1CC1. The van der Waals surface area contributed by atoms with Crippen LogP contribution in [0.4, 0.5) is 0 Å². The van der Waals surface area contributed by atoms with Gasteiger partial charge in [-0.1, -0.05) is 69.6 Å². The third-order valence-electron chi connectivity index (χ3n) is 2.93. The molecule has 1 aliphatic carbocycles. The minimum Gasteiger partial charge on any atom is -0.373 e.